The van der Waals surface area contributed by atoms with Crippen LogP contribution in [0.15, 0.2) is 30.5 Å². The minimum atomic E-state index is -0.163. The molecule has 5 heteroatoms. The van der Waals surface area contributed by atoms with E-state index in [4.69, 9.17) is 0 Å². The van der Waals surface area contributed by atoms with Crippen LogP contribution in [0.25, 0.3) is 10.9 Å². The fourth-order valence-electron chi connectivity index (χ4n) is 2.92. The fourth-order valence-corrected chi connectivity index (χ4v) is 2.92. The van der Waals surface area contributed by atoms with E-state index in [1.807, 2.05) is 31.2 Å². The maximum Gasteiger partial charge on any atom is 0.322 e. The first kappa shape index (κ1) is 13.8. The van der Waals surface area contributed by atoms with Crippen molar-refractivity contribution >= 4 is 22.6 Å². The number of pyridine rings is 1. The number of aliphatic hydroxyl groups is 1. The lowest BCUT2D eigenvalue weighted by Crippen LogP contribution is -2.40. The molecule has 1 atom stereocenters. The number of aromatic nitrogens is 1. The van der Waals surface area contributed by atoms with Crippen LogP contribution in [-0.2, 0) is 0 Å². The molecule has 2 aromatic rings. The summed E-state index contributed by atoms with van der Waals surface area (Å²) in [5.74, 6) is 0. The maximum absolute atomic E-state index is 12.4. The molecule has 110 valence electrons. The van der Waals surface area contributed by atoms with Gasteiger partial charge in [-0.1, -0.05) is 6.07 Å². The number of hydrogen-bond donors (Lipinski definition) is 2. The van der Waals surface area contributed by atoms with E-state index in [1.165, 1.54) is 0 Å². The van der Waals surface area contributed by atoms with E-state index in [0.29, 0.717) is 6.54 Å². The Morgan fingerprint density at radius 2 is 2.38 bits per heavy atom. The normalized spacial score (nSPS) is 18.2. The first-order chi connectivity index (χ1) is 10.2. The fraction of sp³-hybridized carbons (Fsp3) is 0.375. The molecule has 0 saturated carbocycles. The van der Waals surface area contributed by atoms with Crippen LogP contribution < -0.4 is 5.32 Å². The van der Waals surface area contributed by atoms with Gasteiger partial charge >= 0.3 is 6.03 Å². The van der Waals surface area contributed by atoms with Gasteiger partial charge in [0.2, 0.25) is 0 Å². The summed E-state index contributed by atoms with van der Waals surface area (Å²) < 4.78 is 0. The number of anilines is 1. The number of urea groups is 1. The van der Waals surface area contributed by atoms with Crippen molar-refractivity contribution < 1.29 is 9.90 Å². The second-order valence-corrected chi connectivity index (χ2v) is 5.49. The molecule has 2 N–H and O–H groups in total. The molecule has 1 fully saturated rings. The molecule has 2 amide bonds. The highest BCUT2D eigenvalue weighted by Crippen LogP contribution is 2.25. The molecule has 0 aliphatic carbocycles. The van der Waals surface area contributed by atoms with Crippen LogP contribution in [0.3, 0.4) is 0 Å². The summed E-state index contributed by atoms with van der Waals surface area (Å²) in [6, 6.07) is 7.60. The third kappa shape index (κ3) is 2.69. The Morgan fingerprint density at radius 3 is 3.19 bits per heavy atom. The van der Waals surface area contributed by atoms with E-state index in [1.54, 1.807) is 11.1 Å². The summed E-state index contributed by atoms with van der Waals surface area (Å²) in [5.41, 5.74) is 2.58. The predicted molar refractivity (Wildman–Crippen MR) is 82.3 cm³/mol. The number of nitrogens with one attached hydrogen (secondary N) is 1. The smallest absolute Gasteiger partial charge is 0.322 e. The highest BCUT2D eigenvalue weighted by molar-refractivity contribution is 6.00. The summed E-state index contributed by atoms with van der Waals surface area (Å²) in [4.78, 5) is 18.5. The highest BCUT2D eigenvalue weighted by Gasteiger charge is 2.28. The van der Waals surface area contributed by atoms with Gasteiger partial charge in [-0.3, -0.25) is 4.98 Å². The van der Waals surface area contributed by atoms with Crippen molar-refractivity contribution in [2.45, 2.75) is 25.8 Å². The molecule has 2 heterocycles. The number of rotatable bonds is 2. The quantitative estimate of drug-likeness (QED) is 0.891. The van der Waals surface area contributed by atoms with Gasteiger partial charge in [0, 0.05) is 18.1 Å². The molecule has 0 bridgehead atoms. The Bertz CT molecular complexity index is 672. The molecule has 3 rings (SSSR count). The predicted octanol–water partition coefficient (Wildman–Crippen LogP) is 2.53. The molecular weight excluding hydrogens is 266 g/mol. The van der Waals surface area contributed by atoms with Crippen LogP contribution in [0, 0.1) is 6.92 Å². The van der Waals surface area contributed by atoms with Gasteiger partial charge in [0.25, 0.3) is 0 Å². The standard InChI is InChI=1S/C16H19N3O2/c1-11-8-12-4-2-6-17-15(12)14(9-11)18-16(21)19-7-3-5-13(19)10-20/h2,4,6,8-9,13,20H,3,5,7,10H2,1H3,(H,18,21). The number of carbonyl (C=O) groups is 1. The van der Waals surface area contributed by atoms with Gasteiger partial charge in [-0.05, 0) is 43.5 Å². The zero-order chi connectivity index (χ0) is 14.8. The number of nitrogens with zero attached hydrogens (tertiary/aromatic N) is 2. The first-order valence-corrected chi connectivity index (χ1v) is 7.23. The number of aryl methyl sites for hydroxylation is 1. The Kier molecular flexibility index (Phi) is 3.75. The zero-order valence-corrected chi connectivity index (χ0v) is 12.0. The first-order valence-electron chi connectivity index (χ1n) is 7.23. The molecule has 1 aliphatic rings. The lowest BCUT2D eigenvalue weighted by Gasteiger charge is -2.23. The lowest BCUT2D eigenvalue weighted by molar-refractivity contribution is 0.166. The van der Waals surface area contributed by atoms with Crippen molar-refractivity contribution in [3.05, 3.63) is 36.0 Å². The number of carbonyl (C=O) groups excluding carboxylic acids is 1. The maximum atomic E-state index is 12.4. The topological polar surface area (TPSA) is 65.5 Å². The molecule has 1 aromatic carbocycles. The summed E-state index contributed by atoms with van der Waals surface area (Å²) in [5, 5.41) is 13.3. The van der Waals surface area contributed by atoms with Crippen LogP contribution in [0.1, 0.15) is 18.4 Å². The van der Waals surface area contributed by atoms with Crippen LogP contribution in [0.5, 0.6) is 0 Å². The third-order valence-corrected chi connectivity index (χ3v) is 3.94. The molecular formula is C16H19N3O2. The van der Waals surface area contributed by atoms with E-state index in [2.05, 4.69) is 10.3 Å². The molecule has 1 unspecified atom stereocenters. The molecule has 5 nitrogen and oxygen atoms in total. The molecule has 1 aromatic heterocycles. The number of hydrogen-bond acceptors (Lipinski definition) is 3. The second-order valence-electron chi connectivity index (χ2n) is 5.49. The van der Waals surface area contributed by atoms with E-state index in [-0.39, 0.29) is 18.7 Å². The van der Waals surface area contributed by atoms with Crippen LogP contribution >= 0.6 is 0 Å². The average Bonchev–Trinajstić information content (AvgIpc) is 2.95. The summed E-state index contributed by atoms with van der Waals surface area (Å²) >= 11 is 0. The Labute approximate surface area is 123 Å². The number of benzene rings is 1. The van der Waals surface area contributed by atoms with Crippen molar-refractivity contribution in [1.29, 1.82) is 0 Å². The second kappa shape index (κ2) is 5.69. The molecule has 0 spiro atoms. The number of fused-ring (bicyclic) bond motifs is 1. The Morgan fingerprint density at radius 1 is 1.52 bits per heavy atom. The average molecular weight is 285 g/mol. The van der Waals surface area contributed by atoms with E-state index in [0.717, 1.165) is 35.0 Å². The van der Waals surface area contributed by atoms with Gasteiger partial charge in [0.05, 0.1) is 23.9 Å². The van der Waals surface area contributed by atoms with Gasteiger partial charge in [-0.15, -0.1) is 0 Å². The minimum Gasteiger partial charge on any atom is -0.394 e. The van der Waals surface area contributed by atoms with Crippen molar-refractivity contribution in [3.63, 3.8) is 0 Å². The van der Waals surface area contributed by atoms with Crippen molar-refractivity contribution in [1.82, 2.24) is 9.88 Å². The van der Waals surface area contributed by atoms with Crippen molar-refractivity contribution in [3.8, 4) is 0 Å². The minimum absolute atomic E-state index is 0.0141. The van der Waals surface area contributed by atoms with Crippen LogP contribution in [-0.4, -0.2) is 40.2 Å². The lowest BCUT2D eigenvalue weighted by atomic mass is 10.1. The van der Waals surface area contributed by atoms with Gasteiger partial charge in [-0.25, -0.2) is 4.79 Å². The molecule has 1 aliphatic heterocycles. The largest absolute Gasteiger partial charge is 0.394 e. The molecule has 21 heavy (non-hydrogen) atoms. The molecule has 1 saturated heterocycles. The van der Waals surface area contributed by atoms with E-state index in [9.17, 15) is 9.90 Å². The Hall–Kier alpha value is -2.14. The van der Waals surface area contributed by atoms with E-state index < -0.39 is 0 Å². The highest BCUT2D eigenvalue weighted by atomic mass is 16.3. The van der Waals surface area contributed by atoms with Gasteiger partial charge in [-0.2, -0.15) is 0 Å². The Balaban J connectivity index is 1.89. The third-order valence-electron chi connectivity index (χ3n) is 3.94. The number of aliphatic hydroxyl groups excluding tert-OH is 1. The van der Waals surface area contributed by atoms with Gasteiger partial charge < -0.3 is 15.3 Å². The summed E-state index contributed by atoms with van der Waals surface area (Å²) in [6.45, 7) is 2.70. The summed E-state index contributed by atoms with van der Waals surface area (Å²) in [6.07, 6.45) is 3.52. The number of likely N-dealkylation sites (tertiary alicyclic amines) is 1. The van der Waals surface area contributed by atoms with Crippen LogP contribution in [0.4, 0.5) is 10.5 Å². The van der Waals surface area contributed by atoms with Gasteiger partial charge in [0.1, 0.15) is 0 Å². The molecule has 0 radical (unpaired) electrons. The van der Waals surface area contributed by atoms with E-state index >= 15 is 0 Å². The zero-order valence-electron chi connectivity index (χ0n) is 12.0. The van der Waals surface area contributed by atoms with Gasteiger partial charge in [0.15, 0.2) is 0 Å². The SMILES string of the molecule is Cc1cc(NC(=O)N2CCCC2CO)c2ncccc2c1. The number of amides is 2. The van der Waals surface area contributed by atoms with Crippen molar-refractivity contribution in [2.24, 2.45) is 0 Å². The van der Waals surface area contributed by atoms with Crippen molar-refractivity contribution in [2.75, 3.05) is 18.5 Å². The van der Waals surface area contributed by atoms with Crippen LogP contribution in [0.2, 0.25) is 0 Å². The monoisotopic (exact) mass is 285 g/mol. The summed E-state index contributed by atoms with van der Waals surface area (Å²) in [7, 11) is 0.